The van der Waals surface area contributed by atoms with Gasteiger partial charge in [0.1, 0.15) is 11.0 Å². The summed E-state index contributed by atoms with van der Waals surface area (Å²) in [6.07, 6.45) is 1.79. The van der Waals surface area contributed by atoms with Gasteiger partial charge in [0.15, 0.2) is 6.19 Å². The van der Waals surface area contributed by atoms with E-state index in [9.17, 15) is 0 Å². The van der Waals surface area contributed by atoms with Crippen LogP contribution in [0.15, 0.2) is 6.07 Å². The summed E-state index contributed by atoms with van der Waals surface area (Å²) in [6.45, 7) is 0. The van der Waals surface area contributed by atoms with Crippen LogP contribution >= 0.6 is 34.9 Å². The molecule has 2 aromatic rings. The van der Waals surface area contributed by atoms with E-state index < -0.39 is 0 Å². The lowest BCUT2D eigenvalue weighted by atomic mass is 10.2. The van der Waals surface area contributed by atoms with Gasteiger partial charge in [-0.1, -0.05) is 23.2 Å². The van der Waals surface area contributed by atoms with E-state index in [-0.39, 0.29) is 0 Å². The molecule has 0 radical (unpaired) electrons. The van der Waals surface area contributed by atoms with Crippen molar-refractivity contribution in [1.29, 1.82) is 5.26 Å². The highest BCUT2D eigenvalue weighted by Crippen LogP contribution is 2.34. The minimum atomic E-state index is 0.358. The first-order valence-corrected chi connectivity index (χ1v) is 4.98. The molecule has 1 aromatic heterocycles. The Balaban J connectivity index is 2.81. The molecule has 0 aliphatic carbocycles. The molecule has 70 valence electrons. The normalized spacial score (nSPS) is 10.1. The third-order valence-electron chi connectivity index (χ3n) is 1.62. The zero-order chi connectivity index (χ0) is 10.1. The van der Waals surface area contributed by atoms with Crippen LogP contribution < -0.4 is 5.32 Å². The average Bonchev–Trinajstić information content (AvgIpc) is 2.60. The molecule has 0 aliphatic heterocycles. The zero-order valence-electron chi connectivity index (χ0n) is 6.58. The van der Waals surface area contributed by atoms with Crippen molar-refractivity contribution >= 4 is 51.7 Å². The fraction of sp³-hybridized carbons (Fsp3) is 0. The second-order valence-electron chi connectivity index (χ2n) is 2.41. The number of nitrogens with one attached hydrogen (secondary N) is 1. The maximum atomic E-state index is 8.51. The molecule has 1 heterocycles. The van der Waals surface area contributed by atoms with E-state index in [4.69, 9.17) is 28.5 Å². The minimum absolute atomic E-state index is 0.358. The first-order chi connectivity index (χ1) is 6.74. The number of aromatic nitrogens is 2. The van der Waals surface area contributed by atoms with Gasteiger partial charge in [-0.3, -0.25) is 5.32 Å². The van der Waals surface area contributed by atoms with Crippen molar-refractivity contribution in [2.75, 3.05) is 5.32 Å². The predicted octanol–water partition coefficient (Wildman–Crippen LogP) is 2.89. The quantitative estimate of drug-likeness (QED) is 0.619. The number of nitrogens with zero attached hydrogens (tertiary/aromatic N) is 3. The van der Waals surface area contributed by atoms with E-state index in [0.717, 1.165) is 11.7 Å². The summed E-state index contributed by atoms with van der Waals surface area (Å²) in [5.74, 6) is 0. The van der Waals surface area contributed by atoms with Crippen molar-refractivity contribution in [3.8, 4) is 6.19 Å². The Bertz CT molecular complexity index is 530. The van der Waals surface area contributed by atoms with Gasteiger partial charge in [0.25, 0.3) is 0 Å². The number of anilines is 1. The molecule has 0 saturated carbocycles. The Hall–Kier alpha value is -1.09. The Morgan fingerprint density at radius 2 is 2.00 bits per heavy atom. The Kier molecular flexibility index (Phi) is 2.42. The van der Waals surface area contributed by atoms with Crippen LogP contribution in [0.25, 0.3) is 11.0 Å². The van der Waals surface area contributed by atoms with Crippen LogP contribution in [0.2, 0.25) is 10.0 Å². The third kappa shape index (κ3) is 1.38. The Morgan fingerprint density at radius 3 is 2.71 bits per heavy atom. The van der Waals surface area contributed by atoms with E-state index in [2.05, 4.69) is 14.1 Å². The topological polar surface area (TPSA) is 61.6 Å². The molecule has 0 spiro atoms. The molecule has 0 unspecified atom stereocenters. The van der Waals surface area contributed by atoms with Gasteiger partial charge in [0.05, 0.1) is 27.5 Å². The molecule has 7 heteroatoms. The molecule has 2 rings (SSSR count). The number of fused-ring (bicyclic) bond motifs is 1. The van der Waals surface area contributed by atoms with E-state index in [1.165, 1.54) is 6.07 Å². The highest BCUT2D eigenvalue weighted by Gasteiger charge is 2.13. The number of hydrogen-bond donors (Lipinski definition) is 1. The summed E-state index contributed by atoms with van der Waals surface area (Å²) in [5.41, 5.74) is 1.52. The lowest BCUT2D eigenvalue weighted by Gasteiger charge is -2.01. The van der Waals surface area contributed by atoms with Crippen molar-refractivity contribution in [3.63, 3.8) is 0 Å². The van der Waals surface area contributed by atoms with E-state index >= 15 is 0 Å². The SMILES string of the molecule is N#CNc1c(Cl)cc(Cl)c2nsnc12. The van der Waals surface area contributed by atoms with Crippen LogP contribution in [-0.2, 0) is 0 Å². The average molecular weight is 245 g/mol. The highest BCUT2D eigenvalue weighted by molar-refractivity contribution is 7.00. The van der Waals surface area contributed by atoms with Crippen LogP contribution in [-0.4, -0.2) is 8.75 Å². The Labute approximate surface area is 93.4 Å². The molecule has 1 aromatic carbocycles. The third-order valence-corrected chi connectivity index (χ3v) is 2.74. The fourth-order valence-electron chi connectivity index (χ4n) is 1.05. The molecule has 0 aliphatic rings. The van der Waals surface area contributed by atoms with Gasteiger partial charge < -0.3 is 0 Å². The van der Waals surface area contributed by atoms with Gasteiger partial charge in [-0.25, -0.2) is 0 Å². The maximum absolute atomic E-state index is 8.51. The maximum Gasteiger partial charge on any atom is 0.181 e. The van der Waals surface area contributed by atoms with Gasteiger partial charge in [0.2, 0.25) is 0 Å². The molecule has 0 atom stereocenters. The first kappa shape index (κ1) is 9.46. The van der Waals surface area contributed by atoms with Crippen molar-refractivity contribution < 1.29 is 0 Å². The zero-order valence-corrected chi connectivity index (χ0v) is 8.91. The summed E-state index contributed by atoms with van der Waals surface area (Å²) in [7, 11) is 0. The number of benzene rings is 1. The second kappa shape index (κ2) is 3.58. The van der Waals surface area contributed by atoms with Crippen LogP contribution in [0.5, 0.6) is 0 Å². The van der Waals surface area contributed by atoms with Gasteiger partial charge in [-0.05, 0) is 6.07 Å². The summed E-state index contributed by atoms with van der Waals surface area (Å²) >= 11 is 12.8. The number of halogens is 2. The number of nitriles is 1. The standard InChI is InChI=1S/C7H2Cl2N4S/c8-3-1-4(9)6-7(13-14-12-6)5(3)11-2-10/h1,11H. The molecule has 0 bridgehead atoms. The summed E-state index contributed by atoms with van der Waals surface area (Å²) in [6, 6.07) is 1.53. The molecule has 4 nitrogen and oxygen atoms in total. The van der Waals surface area contributed by atoms with Crippen molar-refractivity contribution in [3.05, 3.63) is 16.1 Å². The first-order valence-electron chi connectivity index (χ1n) is 3.49. The molecule has 0 amide bonds. The molecule has 14 heavy (non-hydrogen) atoms. The molecule has 0 saturated heterocycles. The van der Waals surface area contributed by atoms with Crippen LogP contribution in [0.4, 0.5) is 5.69 Å². The van der Waals surface area contributed by atoms with E-state index in [1.807, 2.05) is 0 Å². The summed E-state index contributed by atoms with van der Waals surface area (Å²) < 4.78 is 8.00. The van der Waals surface area contributed by atoms with Crippen LogP contribution in [0, 0.1) is 11.5 Å². The van der Waals surface area contributed by atoms with Crippen LogP contribution in [0.3, 0.4) is 0 Å². The van der Waals surface area contributed by atoms with Crippen LogP contribution in [0.1, 0.15) is 0 Å². The van der Waals surface area contributed by atoms with Gasteiger partial charge >= 0.3 is 0 Å². The van der Waals surface area contributed by atoms with Crippen molar-refractivity contribution in [1.82, 2.24) is 8.75 Å². The van der Waals surface area contributed by atoms with Crippen molar-refractivity contribution in [2.45, 2.75) is 0 Å². The predicted molar refractivity (Wildman–Crippen MR) is 56.7 cm³/mol. The minimum Gasteiger partial charge on any atom is -0.289 e. The largest absolute Gasteiger partial charge is 0.289 e. The molecular weight excluding hydrogens is 243 g/mol. The molecule has 1 N–H and O–H groups in total. The smallest absolute Gasteiger partial charge is 0.181 e. The van der Waals surface area contributed by atoms with E-state index in [1.54, 1.807) is 6.19 Å². The number of rotatable bonds is 1. The van der Waals surface area contributed by atoms with Gasteiger partial charge in [-0.15, -0.1) is 0 Å². The lowest BCUT2D eigenvalue weighted by Crippen LogP contribution is -1.90. The second-order valence-corrected chi connectivity index (χ2v) is 3.76. The lowest BCUT2D eigenvalue weighted by molar-refractivity contribution is 1.47. The summed E-state index contributed by atoms with van der Waals surface area (Å²) in [5, 5.41) is 11.8. The number of hydrogen-bond acceptors (Lipinski definition) is 5. The summed E-state index contributed by atoms with van der Waals surface area (Å²) in [4.78, 5) is 0. The van der Waals surface area contributed by atoms with Crippen molar-refractivity contribution in [2.24, 2.45) is 0 Å². The molecular formula is C7H2Cl2N4S. The van der Waals surface area contributed by atoms with Gasteiger partial charge in [-0.2, -0.15) is 14.0 Å². The van der Waals surface area contributed by atoms with Gasteiger partial charge in [0, 0.05) is 0 Å². The highest BCUT2D eigenvalue weighted by atomic mass is 35.5. The fourth-order valence-corrected chi connectivity index (χ4v) is 2.21. The Morgan fingerprint density at radius 1 is 1.29 bits per heavy atom. The molecule has 0 fully saturated rings. The van der Waals surface area contributed by atoms with E-state index in [0.29, 0.717) is 26.8 Å². The monoisotopic (exact) mass is 244 g/mol.